The maximum absolute atomic E-state index is 9.46. The summed E-state index contributed by atoms with van der Waals surface area (Å²) in [6, 6.07) is 9.50. The third kappa shape index (κ3) is 3.98. The summed E-state index contributed by atoms with van der Waals surface area (Å²) < 4.78 is 0. The van der Waals surface area contributed by atoms with Crippen LogP contribution in [0.4, 0.5) is 5.69 Å². The molecule has 1 atom stereocenters. The van der Waals surface area contributed by atoms with Crippen LogP contribution < -0.4 is 10.2 Å². The van der Waals surface area contributed by atoms with Crippen LogP contribution in [-0.2, 0) is 6.42 Å². The summed E-state index contributed by atoms with van der Waals surface area (Å²) in [5.74, 6) is 0. The normalized spacial score (nSPS) is 17.2. The minimum atomic E-state index is -0.448. The number of rotatable bonds is 5. The van der Waals surface area contributed by atoms with Crippen LogP contribution in [0.15, 0.2) is 18.2 Å². The first-order valence-corrected chi connectivity index (χ1v) is 7.97. The molecule has 0 amide bonds. The highest BCUT2D eigenvalue weighted by Gasteiger charge is 2.26. The predicted octanol–water partition coefficient (Wildman–Crippen LogP) is 3.42. The van der Waals surface area contributed by atoms with E-state index in [0.717, 1.165) is 19.5 Å². The Morgan fingerprint density at radius 1 is 1.43 bits per heavy atom. The van der Waals surface area contributed by atoms with Gasteiger partial charge >= 0.3 is 0 Å². The Morgan fingerprint density at radius 3 is 2.86 bits per heavy atom. The molecule has 1 N–H and O–H groups in total. The van der Waals surface area contributed by atoms with Crippen molar-refractivity contribution in [3.05, 3.63) is 29.3 Å². The summed E-state index contributed by atoms with van der Waals surface area (Å²) in [6.07, 6.45) is 3.22. The first-order chi connectivity index (χ1) is 9.93. The van der Waals surface area contributed by atoms with Gasteiger partial charge in [0.25, 0.3) is 0 Å². The second kappa shape index (κ2) is 6.49. The zero-order valence-electron chi connectivity index (χ0n) is 13.7. The lowest BCUT2D eigenvalue weighted by Gasteiger charge is -2.34. The Labute approximate surface area is 129 Å². The van der Waals surface area contributed by atoms with E-state index in [2.05, 4.69) is 55.3 Å². The van der Waals surface area contributed by atoms with E-state index in [4.69, 9.17) is 0 Å². The molecule has 0 aromatic heterocycles. The van der Waals surface area contributed by atoms with Crippen molar-refractivity contribution in [2.75, 3.05) is 18.0 Å². The van der Waals surface area contributed by atoms with Gasteiger partial charge in [-0.25, -0.2) is 0 Å². The van der Waals surface area contributed by atoms with Gasteiger partial charge in [-0.15, -0.1) is 0 Å². The topological polar surface area (TPSA) is 39.1 Å². The van der Waals surface area contributed by atoms with Gasteiger partial charge in [-0.1, -0.05) is 17.7 Å². The quantitative estimate of drug-likeness (QED) is 0.901. The largest absolute Gasteiger partial charge is 0.371 e. The number of anilines is 1. The fraction of sp³-hybridized carbons (Fsp3) is 0.611. The van der Waals surface area contributed by atoms with Crippen LogP contribution in [0.1, 0.15) is 44.7 Å². The van der Waals surface area contributed by atoms with Crippen LogP contribution in [0.3, 0.4) is 0 Å². The highest BCUT2D eigenvalue weighted by Crippen LogP contribution is 2.28. The minimum absolute atomic E-state index is 0.325. The number of nitrogens with one attached hydrogen (secondary N) is 1. The molecule has 1 aromatic rings. The average molecular weight is 285 g/mol. The zero-order valence-corrected chi connectivity index (χ0v) is 13.7. The van der Waals surface area contributed by atoms with Crippen LogP contribution in [0, 0.1) is 18.3 Å². The Hall–Kier alpha value is -1.53. The van der Waals surface area contributed by atoms with Gasteiger partial charge in [0.05, 0.1) is 6.07 Å². The molecule has 1 aromatic carbocycles. The lowest BCUT2D eigenvalue weighted by atomic mass is 9.95. The maximum Gasteiger partial charge on any atom is 0.105 e. The van der Waals surface area contributed by atoms with E-state index in [9.17, 15) is 5.26 Å². The molecule has 0 spiro atoms. The summed E-state index contributed by atoms with van der Waals surface area (Å²) in [5, 5.41) is 12.9. The number of hydrogen-bond acceptors (Lipinski definition) is 3. The van der Waals surface area contributed by atoms with Gasteiger partial charge in [0.2, 0.25) is 0 Å². The van der Waals surface area contributed by atoms with Crippen molar-refractivity contribution >= 4 is 5.69 Å². The Balaban J connectivity index is 2.07. The highest BCUT2D eigenvalue weighted by atomic mass is 15.1. The van der Waals surface area contributed by atoms with Gasteiger partial charge in [-0.05, 0) is 58.6 Å². The summed E-state index contributed by atoms with van der Waals surface area (Å²) in [4.78, 5) is 2.44. The van der Waals surface area contributed by atoms with E-state index in [0.29, 0.717) is 6.04 Å². The van der Waals surface area contributed by atoms with E-state index in [1.54, 1.807) is 0 Å². The van der Waals surface area contributed by atoms with Gasteiger partial charge in [-0.2, -0.15) is 5.26 Å². The summed E-state index contributed by atoms with van der Waals surface area (Å²) in [5.41, 5.74) is 3.70. The highest BCUT2D eigenvalue weighted by molar-refractivity contribution is 5.56. The summed E-state index contributed by atoms with van der Waals surface area (Å²) >= 11 is 0. The number of aryl methyl sites for hydroxylation is 2. The maximum atomic E-state index is 9.46. The summed E-state index contributed by atoms with van der Waals surface area (Å²) in [6.45, 7) is 10.4. The van der Waals surface area contributed by atoms with Crippen molar-refractivity contribution in [2.24, 2.45) is 0 Å². The van der Waals surface area contributed by atoms with Crippen LogP contribution >= 0.6 is 0 Å². The number of hydrogen-bond donors (Lipinski definition) is 1. The monoisotopic (exact) mass is 285 g/mol. The van der Waals surface area contributed by atoms with E-state index in [1.165, 1.54) is 29.7 Å². The van der Waals surface area contributed by atoms with Crippen LogP contribution in [0.5, 0.6) is 0 Å². The second-order valence-corrected chi connectivity index (χ2v) is 6.72. The minimum Gasteiger partial charge on any atom is -0.371 e. The van der Waals surface area contributed by atoms with E-state index in [-0.39, 0.29) is 0 Å². The van der Waals surface area contributed by atoms with Gasteiger partial charge < -0.3 is 4.90 Å². The molecule has 0 saturated heterocycles. The van der Waals surface area contributed by atoms with Crippen molar-refractivity contribution in [3.63, 3.8) is 0 Å². The SMILES string of the molecule is Cc1ccc2c(c1)CCCN2CCC(C)(C#N)NC(C)C. The molecule has 1 heterocycles. The second-order valence-electron chi connectivity index (χ2n) is 6.72. The number of benzene rings is 1. The smallest absolute Gasteiger partial charge is 0.105 e. The third-order valence-electron chi connectivity index (χ3n) is 4.19. The van der Waals surface area contributed by atoms with E-state index in [1.807, 2.05) is 6.92 Å². The molecule has 1 aliphatic rings. The van der Waals surface area contributed by atoms with Crippen molar-refractivity contribution in [1.29, 1.82) is 5.26 Å². The van der Waals surface area contributed by atoms with Crippen molar-refractivity contribution in [1.82, 2.24) is 5.32 Å². The molecule has 2 rings (SSSR count). The molecule has 0 radical (unpaired) electrons. The fourth-order valence-corrected chi connectivity index (χ4v) is 3.19. The first kappa shape index (κ1) is 15.9. The molecule has 1 aliphatic heterocycles. The van der Waals surface area contributed by atoms with Crippen LogP contribution in [0.25, 0.3) is 0 Å². The van der Waals surface area contributed by atoms with Crippen LogP contribution in [0.2, 0.25) is 0 Å². The molecule has 3 heteroatoms. The molecular weight excluding hydrogens is 258 g/mol. The molecule has 21 heavy (non-hydrogen) atoms. The lowest BCUT2D eigenvalue weighted by molar-refractivity contribution is 0.381. The van der Waals surface area contributed by atoms with Crippen molar-refractivity contribution in [3.8, 4) is 6.07 Å². The molecular formula is C18H27N3. The molecule has 1 unspecified atom stereocenters. The van der Waals surface area contributed by atoms with Gasteiger partial charge in [-0.3, -0.25) is 5.32 Å². The molecule has 3 nitrogen and oxygen atoms in total. The average Bonchev–Trinajstić information content (AvgIpc) is 2.44. The van der Waals surface area contributed by atoms with Gasteiger partial charge in [0.1, 0.15) is 5.54 Å². The Morgan fingerprint density at radius 2 is 2.19 bits per heavy atom. The summed E-state index contributed by atoms with van der Waals surface area (Å²) in [7, 11) is 0. The molecule has 0 saturated carbocycles. The fourth-order valence-electron chi connectivity index (χ4n) is 3.19. The van der Waals surface area contributed by atoms with Crippen molar-refractivity contribution in [2.45, 2.75) is 58.5 Å². The predicted molar refractivity (Wildman–Crippen MR) is 88.6 cm³/mol. The molecule has 0 bridgehead atoms. The van der Waals surface area contributed by atoms with Crippen LogP contribution in [-0.4, -0.2) is 24.7 Å². The van der Waals surface area contributed by atoms with E-state index >= 15 is 0 Å². The third-order valence-corrected chi connectivity index (χ3v) is 4.19. The molecule has 114 valence electrons. The van der Waals surface area contributed by atoms with Gasteiger partial charge in [0, 0.05) is 24.8 Å². The number of nitriles is 1. The van der Waals surface area contributed by atoms with E-state index < -0.39 is 5.54 Å². The molecule has 0 aliphatic carbocycles. The zero-order chi connectivity index (χ0) is 15.5. The number of fused-ring (bicyclic) bond motifs is 1. The molecule has 0 fully saturated rings. The van der Waals surface area contributed by atoms with Gasteiger partial charge in [0.15, 0.2) is 0 Å². The lowest BCUT2D eigenvalue weighted by Crippen LogP contribution is -2.47. The number of nitrogens with zero attached hydrogens (tertiary/aromatic N) is 2. The Kier molecular flexibility index (Phi) is 4.90. The van der Waals surface area contributed by atoms with Crippen molar-refractivity contribution < 1.29 is 0 Å². The Bertz CT molecular complexity index is 530. The first-order valence-electron chi connectivity index (χ1n) is 7.97. The standard InChI is InChI=1S/C18H27N3/c1-14(2)20-18(4,13-19)9-11-21-10-5-6-16-12-15(3)7-8-17(16)21/h7-8,12,14,20H,5-6,9-11H2,1-4H3.